The van der Waals surface area contributed by atoms with Crippen LogP contribution in [-0.4, -0.2) is 21.9 Å². The summed E-state index contributed by atoms with van der Waals surface area (Å²) in [6.07, 6.45) is -4.34. The summed E-state index contributed by atoms with van der Waals surface area (Å²) in [7, 11) is 0. The number of nitrogens with zero attached hydrogens (tertiary/aromatic N) is 2. The minimum absolute atomic E-state index is 0.187. The monoisotopic (exact) mass is 230 g/mol. The van der Waals surface area contributed by atoms with Crippen molar-refractivity contribution >= 4 is 17.0 Å². The Kier molecular flexibility index (Phi) is 2.37. The minimum atomic E-state index is -4.87. The smallest absolute Gasteiger partial charge is 0.438 e. The highest BCUT2D eigenvalue weighted by Crippen LogP contribution is 2.20. The zero-order valence-electron chi connectivity index (χ0n) is 7.78. The number of carbonyl (C=O) groups is 1. The number of ketones is 1. The molecule has 0 saturated heterocycles. The zero-order chi connectivity index (χ0) is 11.8. The fourth-order valence-electron chi connectivity index (χ4n) is 1.13. The van der Waals surface area contributed by atoms with E-state index in [1.807, 2.05) is 0 Å². The van der Waals surface area contributed by atoms with Gasteiger partial charge in [-0.05, 0) is 12.1 Å². The molecule has 0 N–H and O–H groups in total. The van der Waals surface area contributed by atoms with Crippen LogP contribution in [0.3, 0.4) is 0 Å². The highest BCUT2D eigenvalue weighted by molar-refractivity contribution is 5.85. The Balaban J connectivity index is 2.25. The number of halogens is 3. The van der Waals surface area contributed by atoms with Crippen LogP contribution in [0.15, 0.2) is 22.7 Å². The summed E-state index contributed by atoms with van der Waals surface area (Å²) in [5, 5.41) is 0. The molecule has 0 aromatic carbocycles. The molecular formula is C9H5F3N2O2. The molecule has 0 atom stereocenters. The molecule has 4 nitrogen and oxygen atoms in total. The van der Waals surface area contributed by atoms with Crippen molar-refractivity contribution in [3.8, 4) is 0 Å². The quantitative estimate of drug-likeness (QED) is 0.790. The molecule has 0 bridgehead atoms. The number of aromatic nitrogens is 2. The predicted molar refractivity (Wildman–Crippen MR) is 46.6 cm³/mol. The second-order valence-corrected chi connectivity index (χ2v) is 3.03. The molecule has 2 aromatic rings. The van der Waals surface area contributed by atoms with Crippen molar-refractivity contribution in [2.45, 2.75) is 12.6 Å². The van der Waals surface area contributed by atoms with Crippen molar-refractivity contribution in [2.24, 2.45) is 0 Å². The Morgan fingerprint density at radius 2 is 2.19 bits per heavy atom. The third kappa shape index (κ3) is 2.02. The van der Waals surface area contributed by atoms with Gasteiger partial charge in [0.05, 0.1) is 6.42 Å². The van der Waals surface area contributed by atoms with Crippen LogP contribution < -0.4 is 0 Å². The van der Waals surface area contributed by atoms with Gasteiger partial charge in [-0.3, -0.25) is 4.79 Å². The first-order valence-corrected chi connectivity index (χ1v) is 4.27. The number of carbonyl (C=O) groups excluding carboxylic acids is 1. The van der Waals surface area contributed by atoms with E-state index in [0.717, 1.165) is 0 Å². The first-order chi connectivity index (χ1) is 7.47. The van der Waals surface area contributed by atoms with Gasteiger partial charge in [0.2, 0.25) is 11.7 Å². The predicted octanol–water partition coefficient (Wildman–Crippen LogP) is 1.90. The van der Waals surface area contributed by atoms with E-state index in [9.17, 15) is 18.0 Å². The van der Waals surface area contributed by atoms with Crippen molar-refractivity contribution in [1.82, 2.24) is 9.97 Å². The van der Waals surface area contributed by atoms with Crippen LogP contribution >= 0.6 is 0 Å². The van der Waals surface area contributed by atoms with Crippen molar-refractivity contribution in [3.63, 3.8) is 0 Å². The molecule has 2 aromatic heterocycles. The van der Waals surface area contributed by atoms with Crippen molar-refractivity contribution in [2.75, 3.05) is 0 Å². The lowest BCUT2D eigenvalue weighted by molar-refractivity contribution is -0.170. The molecule has 2 heterocycles. The number of rotatable bonds is 2. The number of Topliss-reactive ketones (excluding diaryl/α,β-unsaturated/α-hetero) is 1. The molecule has 2 rings (SSSR count). The van der Waals surface area contributed by atoms with Gasteiger partial charge in [0.15, 0.2) is 11.2 Å². The molecule has 16 heavy (non-hydrogen) atoms. The summed E-state index contributed by atoms with van der Waals surface area (Å²) in [4.78, 5) is 18.1. The van der Waals surface area contributed by atoms with Gasteiger partial charge in [0, 0.05) is 6.20 Å². The minimum Gasteiger partial charge on any atom is -0.438 e. The molecule has 7 heteroatoms. The lowest BCUT2D eigenvalue weighted by Gasteiger charge is -2.01. The van der Waals surface area contributed by atoms with Gasteiger partial charge < -0.3 is 4.42 Å². The van der Waals surface area contributed by atoms with Gasteiger partial charge in [0.1, 0.15) is 0 Å². The number of alkyl halides is 3. The first kappa shape index (κ1) is 10.6. The maximum Gasteiger partial charge on any atom is 0.450 e. The summed E-state index contributed by atoms with van der Waals surface area (Å²) < 4.78 is 40.8. The Labute approximate surface area is 87.1 Å². The molecule has 0 unspecified atom stereocenters. The molecule has 0 spiro atoms. The van der Waals surface area contributed by atoms with Gasteiger partial charge in [-0.25, -0.2) is 4.98 Å². The highest BCUT2D eigenvalue weighted by atomic mass is 19.4. The van der Waals surface area contributed by atoms with Crippen molar-refractivity contribution in [3.05, 3.63) is 24.2 Å². The summed E-state index contributed by atoms with van der Waals surface area (Å²) in [6.45, 7) is 0. The second-order valence-electron chi connectivity index (χ2n) is 3.03. The fraction of sp³-hybridized carbons (Fsp3) is 0.222. The molecular weight excluding hydrogens is 225 g/mol. The number of hydrogen-bond donors (Lipinski definition) is 0. The van der Waals surface area contributed by atoms with Crippen LogP contribution in [0.2, 0.25) is 0 Å². The van der Waals surface area contributed by atoms with Crippen LogP contribution in [0.1, 0.15) is 5.89 Å². The van der Waals surface area contributed by atoms with E-state index in [-0.39, 0.29) is 17.1 Å². The van der Waals surface area contributed by atoms with Gasteiger partial charge in [-0.2, -0.15) is 18.2 Å². The van der Waals surface area contributed by atoms with E-state index >= 15 is 0 Å². The first-order valence-electron chi connectivity index (χ1n) is 4.27. The average Bonchev–Trinajstić information content (AvgIpc) is 2.58. The van der Waals surface area contributed by atoms with Crippen LogP contribution in [0.5, 0.6) is 0 Å². The average molecular weight is 230 g/mol. The molecule has 84 valence electrons. The summed E-state index contributed by atoms with van der Waals surface area (Å²) in [5.41, 5.74) is 0.444. The molecule has 0 saturated carbocycles. The van der Waals surface area contributed by atoms with E-state index in [4.69, 9.17) is 4.42 Å². The maximum absolute atomic E-state index is 12.0. The third-order valence-corrected chi connectivity index (χ3v) is 1.84. The van der Waals surface area contributed by atoms with Gasteiger partial charge in [0.25, 0.3) is 0 Å². The molecule has 0 radical (unpaired) electrons. The van der Waals surface area contributed by atoms with Crippen LogP contribution in [0.25, 0.3) is 11.2 Å². The lowest BCUT2D eigenvalue weighted by Crippen LogP contribution is -2.24. The molecule has 0 aliphatic heterocycles. The van der Waals surface area contributed by atoms with E-state index in [1.165, 1.54) is 12.3 Å². The van der Waals surface area contributed by atoms with E-state index in [0.29, 0.717) is 0 Å². The van der Waals surface area contributed by atoms with E-state index in [2.05, 4.69) is 9.97 Å². The van der Waals surface area contributed by atoms with Crippen LogP contribution in [0.4, 0.5) is 13.2 Å². The second kappa shape index (κ2) is 3.58. The number of fused-ring (bicyclic) bond motifs is 1. The van der Waals surface area contributed by atoms with E-state index < -0.39 is 18.4 Å². The maximum atomic E-state index is 12.0. The standard InChI is InChI=1S/C9H5F3N2O2/c10-9(11,12)6(15)4-7-14-8-5(16-7)2-1-3-13-8/h1-3H,4H2. The van der Waals surface area contributed by atoms with Crippen molar-refractivity contribution < 1.29 is 22.4 Å². The number of pyridine rings is 1. The fourth-order valence-corrected chi connectivity index (χ4v) is 1.13. The summed E-state index contributed by atoms with van der Waals surface area (Å²) in [6, 6.07) is 3.07. The Morgan fingerprint density at radius 1 is 1.44 bits per heavy atom. The molecule has 0 aliphatic rings. The molecule has 0 aliphatic carbocycles. The Bertz CT molecular complexity index is 500. The Hall–Kier alpha value is -1.92. The zero-order valence-corrected chi connectivity index (χ0v) is 7.78. The normalized spacial score (nSPS) is 11.9. The largest absolute Gasteiger partial charge is 0.450 e. The number of hydrogen-bond acceptors (Lipinski definition) is 4. The van der Waals surface area contributed by atoms with Gasteiger partial charge >= 0.3 is 6.18 Å². The Morgan fingerprint density at radius 3 is 2.81 bits per heavy atom. The third-order valence-electron chi connectivity index (χ3n) is 1.84. The topological polar surface area (TPSA) is 56.0 Å². The molecule has 0 amide bonds. The van der Waals surface area contributed by atoms with Gasteiger partial charge in [-0.15, -0.1) is 0 Å². The van der Waals surface area contributed by atoms with Crippen LogP contribution in [0, 0.1) is 0 Å². The van der Waals surface area contributed by atoms with E-state index in [1.54, 1.807) is 6.07 Å². The summed E-state index contributed by atoms with van der Waals surface area (Å²) >= 11 is 0. The lowest BCUT2D eigenvalue weighted by atomic mass is 10.3. The molecule has 0 fully saturated rings. The SMILES string of the molecule is O=C(Cc1nc2ncccc2o1)C(F)(F)F. The highest BCUT2D eigenvalue weighted by Gasteiger charge is 2.38. The van der Waals surface area contributed by atoms with Crippen LogP contribution in [-0.2, 0) is 11.2 Å². The summed E-state index contributed by atoms with van der Waals surface area (Å²) in [5.74, 6) is -2.17. The van der Waals surface area contributed by atoms with Crippen molar-refractivity contribution in [1.29, 1.82) is 0 Å². The number of oxazole rings is 1. The van der Waals surface area contributed by atoms with Gasteiger partial charge in [-0.1, -0.05) is 0 Å².